The third-order valence-corrected chi connectivity index (χ3v) is 6.42. The number of ether oxygens (including phenoxy) is 1. The lowest BCUT2D eigenvalue weighted by molar-refractivity contribution is 0.0594. The summed E-state index contributed by atoms with van der Waals surface area (Å²) in [7, 11) is 1.35. The maximum Gasteiger partial charge on any atom is 0.356 e. The second-order valence-electron chi connectivity index (χ2n) is 7.03. The first-order valence-corrected chi connectivity index (χ1v) is 11.0. The van der Waals surface area contributed by atoms with Crippen molar-refractivity contribution >= 4 is 40.8 Å². The van der Waals surface area contributed by atoms with E-state index in [4.69, 9.17) is 16.3 Å². The molecule has 0 spiro atoms. The minimum Gasteiger partial charge on any atom is -0.464 e. The molecule has 4 rings (SSSR count). The van der Waals surface area contributed by atoms with Crippen LogP contribution in [0.25, 0.3) is 0 Å². The molecule has 1 unspecified atom stereocenters. The maximum atomic E-state index is 11.7. The number of esters is 1. The predicted octanol–water partition coefficient (Wildman–Crippen LogP) is 5.59. The van der Waals surface area contributed by atoms with Crippen LogP contribution in [0.5, 0.6) is 0 Å². The SMILES string of the molecule is COC(=O)c1ccc2c(n1)NC(C)N2Cc1ccc(SCc2ccccc2)cc1Cl. The van der Waals surface area contributed by atoms with Crippen molar-refractivity contribution in [2.75, 3.05) is 17.3 Å². The molecule has 0 aliphatic carbocycles. The second kappa shape index (κ2) is 8.98. The van der Waals surface area contributed by atoms with Crippen molar-refractivity contribution in [3.63, 3.8) is 0 Å². The normalized spacial score (nSPS) is 14.9. The molecule has 3 aromatic rings. The first-order valence-electron chi connectivity index (χ1n) is 9.63. The van der Waals surface area contributed by atoms with Crippen LogP contribution in [0.4, 0.5) is 11.5 Å². The number of benzene rings is 2. The Kier molecular flexibility index (Phi) is 6.16. The Morgan fingerprint density at radius 3 is 2.73 bits per heavy atom. The van der Waals surface area contributed by atoms with Gasteiger partial charge in [-0.25, -0.2) is 9.78 Å². The number of methoxy groups -OCH3 is 1. The Morgan fingerprint density at radius 1 is 1.20 bits per heavy atom. The Labute approximate surface area is 185 Å². The van der Waals surface area contributed by atoms with Crippen LogP contribution in [0, 0.1) is 0 Å². The minimum absolute atomic E-state index is 0.0311. The van der Waals surface area contributed by atoms with Crippen molar-refractivity contribution in [1.29, 1.82) is 0 Å². The molecule has 0 bridgehead atoms. The van der Waals surface area contributed by atoms with Gasteiger partial charge in [0.2, 0.25) is 0 Å². The zero-order valence-electron chi connectivity index (χ0n) is 16.8. The van der Waals surface area contributed by atoms with Gasteiger partial charge in [-0.1, -0.05) is 48.0 Å². The Hall–Kier alpha value is -2.70. The first kappa shape index (κ1) is 20.6. The minimum atomic E-state index is -0.447. The van der Waals surface area contributed by atoms with E-state index in [1.54, 1.807) is 17.8 Å². The lowest BCUT2D eigenvalue weighted by atomic mass is 10.2. The van der Waals surface area contributed by atoms with E-state index >= 15 is 0 Å². The number of rotatable bonds is 6. The molecule has 0 saturated heterocycles. The van der Waals surface area contributed by atoms with Crippen LogP contribution < -0.4 is 10.2 Å². The van der Waals surface area contributed by atoms with Gasteiger partial charge in [0, 0.05) is 22.2 Å². The molecule has 2 aromatic carbocycles. The molecule has 1 aliphatic heterocycles. The smallest absolute Gasteiger partial charge is 0.356 e. The number of hydrogen-bond donors (Lipinski definition) is 1. The van der Waals surface area contributed by atoms with Crippen LogP contribution in [-0.4, -0.2) is 24.2 Å². The number of halogens is 1. The molecule has 0 saturated carbocycles. The van der Waals surface area contributed by atoms with Gasteiger partial charge in [0.25, 0.3) is 0 Å². The van der Waals surface area contributed by atoms with Crippen LogP contribution in [0.1, 0.15) is 28.5 Å². The monoisotopic (exact) mass is 439 g/mol. The summed E-state index contributed by atoms with van der Waals surface area (Å²) in [5, 5.41) is 4.06. The van der Waals surface area contributed by atoms with E-state index in [2.05, 4.69) is 58.5 Å². The summed E-state index contributed by atoms with van der Waals surface area (Å²) in [6.45, 7) is 2.69. The summed E-state index contributed by atoms with van der Waals surface area (Å²) in [6, 6.07) is 20.2. The molecule has 1 aliphatic rings. The first-order chi connectivity index (χ1) is 14.5. The molecule has 5 nitrogen and oxygen atoms in total. The molecular formula is C23H22ClN3O2S. The zero-order chi connectivity index (χ0) is 21.1. The van der Waals surface area contributed by atoms with E-state index in [-0.39, 0.29) is 11.9 Å². The van der Waals surface area contributed by atoms with Gasteiger partial charge in [-0.15, -0.1) is 11.8 Å². The number of pyridine rings is 1. The van der Waals surface area contributed by atoms with Crippen molar-refractivity contribution in [3.05, 3.63) is 82.5 Å². The van der Waals surface area contributed by atoms with Gasteiger partial charge < -0.3 is 15.0 Å². The van der Waals surface area contributed by atoms with Gasteiger partial charge in [-0.2, -0.15) is 0 Å². The van der Waals surface area contributed by atoms with E-state index in [9.17, 15) is 4.79 Å². The quantitative estimate of drug-likeness (QED) is 0.399. The number of fused-ring (bicyclic) bond motifs is 1. The third kappa shape index (κ3) is 4.40. The molecule has 7 heteroatoms. The Balaban J connectivity index is 1.47. The largest absolute Gasteiger partial charge is 0.464 e. The predicted molar refractivity (Wildman–Crippen MR) is 122 cm³/mol. The molecule has 1 atom stereocenters. The summed E-state index contributed by atoms with van der Waals surface area (Å²) >= 11 is 8.38. The number of carbonyl (C=O) groups is 1. The van der Waals surface area contributed by atoms with E-state index < -0.39 is 5.97 Å². The zero-order valence-corrected chi connectivity index (χ0v) is 18.3. The van der Waals surface area contributed by atoms with E-state index in [0.717, 1.165) is 26.9 Å². The average Bonchev–Trinajstić information content (AvgIpc) is 3.08. The van der Waals surface area contributed by atoms with Crippen LogP contribution in [0.2, 0.25) is 5.02 Å². The van der Waals surface area contributed by atoms with Crippen LogP contribution in [-0.2, 0) is 17.0 Å². The summed E-state index contributed by atoms with van der Waals surface area (Å²) in [4.78, 5) is 19.5. The van der Waals surface area contributed by atoms with E-state index in [1.165, 1.54) is 12.7 Å². The van der Waals surface area contributed by atoms with Gasteiger partial charge in [-0.05, 0) is 42.3 Å². The fourth-order valence-corrected chi connectivity index (χ4v) is 4.58. The fourth-order valence-electron chi connectivity index (χ4n) is 3.39. The summed E-state index contributed by atoms with van der Waals surface area (Å²) in [6.07, 6.45) is 0.0311. The summed E-state index contributed by atoms with van der Waals surface area (Å²) in [5.74, 6) is 1.14. The number of carbonyl (C=O) groups excluding carboxylic acids is 1. The topological polar surface area (TPSA) is 54.5 Å². The lowest BCUT2D eigenvalue weighted by Crippen LogP contribution is -2.32. The molecule has 154 valence electrons. The highest BCUT2D eigenvalue weighted by Gasteiger charge is 2.28. The highest BCUT2D eigenvalue weighted by Crippen LogP contribution is 2.36. The van der Waals surface area contributed by atoms with Gasteiger partial charge >= 0.3 is 5.97 Å². The Bertz CT molecular complexity index is 1060. The Morgan fingerprint density at radius 2 is 2.00 bits per heavy atom. The molecule has 0 amide bonds. The van der Waals surface area contributed by atoms with Gasteiger partial charge in [-0.3, -0.25) is 0 Å². The number of thioether (sulfide) groups is 1. The number of aromatic nitrogens is 1. The number of hydrogen-bond acceptors (Lipinski definition) is 6. The molecule has 1 aromatic heterocycles. The average molecular weight is 440 g/mol. The molecule has 2 heterocycles. The van der Waals surface area contributed by atoms with Gasteiger partial charge in [0.05, 0.1) is 19.0 Å². The maximum absolute atomic E-state index is 11.7. The summed E-state index contributed by atoms with van der Waals surface area (Å²) in [5.41, 5.74) is 3.55. The van der Waals surface area contributed by atoms with Gasteiger partial charge in [0.15, 0.2) is 11.5 Å². The van der Waals surface area contributed by atoms with Crippen molar-refractivity contribution in [2.24, 2.45) is 0 Å². The van der Waals surface area contributed by atoms with Crippen molar-refractivity contribution < 1.29 is 9.53 Å². The molecule has 0 fully saturated rings. The standard InChI is InChI=1S/C23H22ClN3O2S/c1-15-25-22-21(11-10-20(26-22)23(28)29-2)27(15)13-17-8-9-18(12-19(17)24)30-14-16-6-4-3-5-7-16/h3-12,15H,13-14H2,1-2H3,(H,25,26). The van der Waals surface area contributed by atoms with E-state index in [0.29, 0.717) is 12.4 Å². The highest BCUT2D eigenvalue weighted by molar-refractivity contribution is 7.98. The van der Waals surface area contributed by atoms with Crippen LogP contribution >= 0.6 is 23.4 Å². The number of nitrogens with zero attached hydrogens (tertiary/aromatic N) is 2. The third-order valence-electron chi connectivity index (χ3n) is 5.00. The lowest BCUT2D eigenvalue weighted by Gasteiger charge is -2.24. The van der Waals surface area contributed by atoms with Crippen molar-refractivity contribution in [2.45, 2.75) is 30.3 Å². The molecule has 30 heavy (non-hydrogen) atoms. The van der Waals surface area contributed by atoms with Crippen LogP contribution in [0.3, 0.4) is 0 Å². The molecule has 0 radical (unpaired) electrons. The highest BCUT2D eigenvalue weighted by atomic mass is 35.5. The van der Waals surface area contributed by atoms with Gasteiger partial charge in [0.1, 0.15) is 0 Å². The summed E-state index contributed by atoms with van der Waals surface area (Å²) < 4.78 is 4.76. The van der Waals surface area contributed by atoms with E-state index in [1.807, 2.05) is 18.2 Å². The molecule has 1 N–H and O–H groups in total. The number of anilines is 2. The van der Waals surface area contributed by atoms with Crippen molar-refractivity contribution in [3.8, 4) is 0 Å². The van der Waals surface area contributed by atoms with Crippen molar-refractivity contribution in [1.82, 2.24) is 4.98 Å². The second-order valence-corrected chi connectivity index (χ2v) is 8.49. The fraction of sp³-hybridized carbons (Fsp3) is 0.217. The molecular weight excluding hydrogens is 418 g/mol. The number of nitrogens with one attached hydrogen (secondary N) is 1. The van der Waals surface area contributed by atoms with Crippen LogP contribution in [0.15, 0.2) is 65.6 Å².